The van der Waals surface area contributed by atoms with Gasteiger partial charge in [0, 0.05) is 11.1 Å². The van der Waals surface area contributed by atoms with Crippen LogP contribution < -0.4 is 4.74 Å². The second-order valence-electron chi connectivity index (χ2n) is 6.75. The summed E-state index contributed by atoms with van der Waals surface area (Å²) in [5.74, 6) is 13.2. The van der Waals surface area contributed by atoms with Gasteiger partial charge < -0.3 is 4.74 Å². The summed E-state index contributed by atoms with van der Waals surface area (Å²) < 4.78 is 5.75. The van der Waals surface area contributed by atoms with Crippen molar-refractivity contribution in [3.63, 3.8) is 0 Å². The lowest BCUT2D eigenvalue weighted by atomic mass is 10.1. The summed E-state index contributed by atoms with van der Waals surface area (Å²) in [4.78, 5) is 0. The summed E-state index contributed by atoms with van der Waals surface area (Å²) in [6, 6.07) is 16.4. The van der Waals surface area contributed by atoms with Gasteiger partial charge in [0.1, 0.15) is 5.75 Å². The third-order valence-electron chi connectivity index (χ3n) is 4.30. The lowest BCUT2D eigenvalue weighted by Gasteiger charge is -2.05. The van der Waals surface area contributed by atoms with E-state index in [9.17, 15) is 0 Å². The molecule has 0 bridgehead atoms. The van der Waals surface area contributed by atoms with Gasteiger partial charge in [0.2, 0.25) is 0 Å². The minimum absolute atomic E-state index is 0.785. The summed E-state index contributed by atoms with van der Waals surface area (Å²) in [6.07, 6.45) is 10.7. The van der Waals surface area contributed by atoms with Crippen molar-refractivity contribution in [3.05, 3.63) is 77.4 Å². The fraction of sp³-hybridized carbons (Fsp3) is 0.333. The Morgan fingerprint density at radius 1 is 0.714 bits per heavy atom. The van der Waals surface area contributed by atoms with Gasteiger partial charge in [-0.05, 0) is 67.0 Å². The van der Waals surface area contributed by atoms with E-state index in [2.05, 4.69) is 61.8 Å². The molecule has 0 aliphatic rings. The highest BCUT2D eigenvalue weighted by atomic mass is 16.5. The van der Waals surface area contributed by atoms with E-state index >= 15 is 0 Å². The van der Waals surface area contributed by atoms with Gasteiger partial charge in [0.05, 0.1) is 6.61 Å². The second kappa shape index (κ2) is 13.3. The normalized spacial score (nSPS) is 10.1. The van der Waals surface area contributed by atoms with Crippen molar-refractivity contribution in [2.75, 3.05) is 6.61 Å². The maximum absolute atomic E-state index is 5.75. The quantitative estimate of drug-likeness (QED) is 0.378. The van der Waals surface area contributed by atoms with Gasteiger partial charge in [-0.3, -0.25) is 0 Å². The molecule has 0 aliphatic heterocycles. The molecule has 0 radical (unpaired) electrons. The number of benzene rings is 2. The van der Waals surface area contributed by atoms with E-state index in [4.69, 9.17) is 4.74 Å². The molecule has 0 fully saturated rings. The van der Waals surface area contributed by atoms with Crippen LogP contribution in [0.3, 0.4) is 0 Å². The molecule has 28 heavy (non-hydrogen) atoms. The molecule has 1 nitrogen and oxygen atoms in total. The average molecular weight is 371 g/mol. The second-order valence-corrected chi connectivity index (χ2v) is 6.75. The molecule has 2 aromatic rings. The number of unbranched alkanes of at least 4 members (excludes halogenated alkanes) is 3. The Bertz CT molecular complexity index is 834. The number of hydrogen-bond acceptors (Lipinski definition) is 1. The van der Waals surface area contributed by atoms with Gasteiger partial charge in [0.15, 0.2) is 0 Å². The summed E-state index contributed by atoms with van der Waals surface area (Å²) in [7, 11) is 0. The summed E-state index contributed by atoms with van der Waals surface area (Å²) in [5.41, 5.74) is 3.37. The highest BCUT2D eigenvalue weighted by Gasteiger charge is 1.94. The Morgan fingerprint density at radius 2 is 1.32 bits per heavy atom. The van der Waals surface area contributed by atoms with Gasteiger partial charge in [-0.15, -0.1) is 0 Å². The van der Waals surface area contributed by atoms with Crippen molar-refractivity contribution in [1.29, 1.82) is 0 Å². The van der Waals surface area contributed by atoms with Crippen molar-refractivity contribution >= 4 is 0 Å². The first-order valence-corrected chi connectivity index (χ1v) is 10.3. The third kappa shape index (κ3) is 8.66. The number of allylic oxidation sites excluding steroid dienone is 2. The number of aryl methyl sites for hydroxylation is 1. The molecular weight excluding hydrogens is 340 g/mol. The zero-order valence-electron chi connectivity index (χ0n) is 17.1. The standard InChI is InChI=1S/C27H30O/c1-3-5-6-11-23-28-27-21-19-26(20-22-27)14-10-8-7-9-13-25-17-15-24(12-4-2)16-18-25/h7-8,15-22H,3-6,11-12,23H2,1-2H3. The third-order valence-corrected chi connectivity index (χ3v) is 4.30. The van der Waals surface area contributed by atoms with Crippen LogP contribution in [-0.4, -0.2) is 6.61 Å². The molecule has 0 heterocycles. The zero-order chi connectivity index (χ0) is 19.9. The van der Waals surface area contributed by atoms with Crippen LogP contribution in [0.15, 0.2) is 60.7 Å². The van der Waals surface area contributed by atoms with Gasteiger partial charge in [-0.2, -0.15) is 0 Å². The SMILES string of the molecule is CCCCCCOc1ccc(C#CC=CC#Cc2ccc(CCC)cc2)cc1. The number of hydrogen-bond donors (Lipinski definition) is 0. The van der Waals surface area contributed by atoms with Crippen LogP contribution in [0.2, 0.25) is 0 Å². The van der Waals surface area contributed by atoms with Crippen molar-refractivity contribution in [2.45, 2.75) is 52.4 Å². The van der Waals surface area contributed by atoms with Gasteiger partial charge >= 0.3 is 0 Å². The first-order valence-electron chi connectivity index (χ1n) is 10.3. The molecule has 0 saturated carbocycles. The molecule has 2 aromatic carbocycles. The predicted molar refractivity (Wildman–Crippen MR) is 119 cm³/mol. The zero-order valence-corrected chi connectivity index (χ0v) is 17.1. The molecular formula is C27H30O. The number of rotatable bonds is 8. The van der Waals surface area contributed by atoms with Gasteiger partial charge in [-0.25, -0.2) is 0 Å². The van der Waals surface area contributed by atoms with Crippen LogP contribution in [0, 0.1) is 23.7 Å². The molecule has 0 aliphatic carbocycles. The van der Waals surface area contributed by atoms with Gasteiger partial charge in [0.25, 0.3) is 0 Å². The first-order chi connectivity index (χ1) is 13.8. The molecule has 0 unspecified atom stereocenters. The van der Waals surface area contributed by atoms with E-state index in [1.54, 1.807) is 12.2 Å². The van der Waals surface area contributed by atoms with Crippen molar-refractivity contribution in [1.82, 2.24) is 0 Å². The van der Waals surface area contributed by atoms with Gasteiger partial charge in [-0.1, -0.05) is 75.3 Å². The molecule has 0 amide bonds. The van der Waals surface area contributed by atoms with E-state index in [1.165, 1.54) is 31.2 Å². The van der Waals surface area contributed by atoms with Crippen molar-refractivity contribution < 1.29 is 4.74 Å². The van der Waals surface area contributed by atoms with Crippen LogP contribution in [0.4, 0.5) is 0 Å². The molecule has 0 spiro atoms. The first kappa shape index (κ1) is 21.4. The van der Waals surface area contributed by atoms with Crippen molar-refractivity contribution in [3.8, 4) is 29.4 Å². The van der Waals surface area contributed by atoms with E-state index < -0.39 is 0 Å². The maximum Gasteiger partial charge on any atom is 0.119 e. The molecule has 2 rings (SSSR count). The highest BCUT2D eigenvalue weighted by molar-refractivity contribution is 5.42. The van der Waals surface area contributed by atoms with Crippen molar-refractivity contribution in [2.24, 2.45) is 0 Å². The van der Waals surface area contributed by atoms with Crippen LogP contribution in [0.1, 0.15) is 62.6 Å². The molecule has 0 saturated heterocycles. The summed E-state index contributed by atoms with van der Waals surface area (Å²) in [6.45, 7) is 5.19. The minimum Gasteiger partial charge on any atom is -0.494 e. The van der Waals surface area contributed by atoms with Crippen LogP contribution >= 0.6 is 0 Å². The summed E-state index contributed by atoms with van der Waals surface area (Å²) >= 11 is 0. The number of ether oxygens (including phenoxy) is 1. The molecule has 0 atom stereocenters. The maximum atomic E-state index is 5.75. The smallest absolute Gasteiger partial charge is 0.119 e. The van der Waals surface area contributed by atoms with Crippen LogP contribution in [0.5, 0.6) is 5.75 Å². The average Bonchev–Trinajstić information content (AvgIpc) is 2.73. The topological polar surface area (TPSA) is 9.23 Å². The Kier molecular flexibility index (Phi) is 10.2. The fourth-order valence-corrected chi connectivity index (χ4v) is 2.73. The lowest BCUT2D eigenvalue weighted by Crippen LogP contribution is -1.96. The molecule has 144 valence electrons. The lowest BCUT2D eigenvalue weighted by molar-refractivity contribution is 0.305. The van der Waals surface area contributed by atoms with Crippen LogP contribution in [-0.2, 0) is 6.42 Å². The molecule has 1 heteroatoms. The Labute approximate surface area is 170 Å². The Balaban J connectivity index is 1.77. The van der Waals surface area contributed by atoms with E-state index in [0.29, 0.717) is 0 Å². The fourth-order valence-electron chi connectivity index (χ4n) is 2.73. The van der Waals surface area contributed by atoms with E-state index in [1.807, 2.05) is 24.3 Å². The summed E-state index contributed by atoms with van der Waals surface area (Å²) in [5, 5.41) is 0. The van der Waals surface area contributed by atoms with E-state index in [-0.39, 0.29) is 0 Å². The molecule has 0 aromatic heterocycles. The molecule has 0 N–H and O–H groups in total. The Hall–Kier alpha value is -2.90. The van der Waals surface area contributed by atoms with E-state index in [0.717, 1.165) is 36.3 Å². The Morgan fingerprint density at radius 3 is 1.89 bits per heavy atom. The monoisotopic (exact) mass is 370 g/mol. The predicted octanol–water partition coefficient (Wildman–Crippen LogP) is 6.56. The highest BCUT2D eigenvalue weighted by Crippen LogP contribution is 2.12. The van der Waals surface area contributed by atoms with Crippen LogP contribution in [0.25, 0.3) is 0 Å². The minimum atomic E-state index is 0.785. The largest absolute Gasteiger partial charge is 0.494 e.